The Balaban J connectivity index is 2.21. The minimum absolute atomic E-state index is 0.137. The Bertz CT molecular complexity index is 566. The molecule has 0 aromatic carbocycles. The highest BCUT2D eigenvalue weighted by Gasteiger charge is 2.14. The van der Waals surface area contributed by atoms with E-state index in [1.165, 1.54) is 10.8 Å². The van der Waals surface area contributed by atoms with Crippen molar-refractivity contribution >= 4 is 17.1 Å². The van der Waals surface area contributed by atoms with Gasteiger partial charge in [-0.3, -0.25) is 4.79 Å². The molecule has 0 saturated heterocycles. The largest absolute Gasteiger partial charge is 0.394 e. The molecule has 2 heterocycles. The van der Waals surface area contributed by atoms with Gasteiger partial charge in [-0.2, -0.15) is 5.10 Å². The number of hydrogen-bond donors (Lipinski definition) is 3. The van der Waals surface area contributed by atoms with E-state index >= 15 is 0 Å². The van der Waals surface area contributed by atoms with Crippen LogP contribution in [0.15, 0.2) is 18.5 Å². The predicted octanol–water partition coefficient (Wildman–Crippen LogP) is -0.372. The first-order valence-corrected chi connectivity index (χ1v) is 5.54. The number of carbonyl (C=O) groups excluding carboxylic acids is 1. The van der Waals surface area contributed by atoms with Crippen LogP contribution >= 0.6 is 0 Å². The summed E-state index contributed by atoms with van der Waals surface area (Å²) in [6, 6.07) is 3.29. The van der Waals surface area contributed by atoms with Gasteiger partial charge in [0.15, 0.2) is 11.6 Å². The van der Waals surface area contributed by atoms with E-state index in [4.69, 9.17) is 10.8 Å². The summed E-state index contributed by atoms with van der Waals surface area (Å²) in [6.07, 6.45) is 0.752. The van der Waals surface area contributed by atoms with Gasteiger partial charge in [0.05, 0.1) is 12.7 Å². The van der Waals surface area contributed by atoms with Gasteiger partial charge in [0.2, 0.25) is 0 Å². The van der Waals surface area contributed by atoms with Gasteiger partial charge in [0.1, 0.15) is 17.5 Å². The maximum atomic E-state index is 11.9. The summed E-state index contributed by atoms with van der Waals surface area (Å²) < 4.78 is 1.43. The van der Waals surface area contributed by atoms with Gasteiger partial charge in [-0.25, -0.2) is 9.50 Å². The number of aromatic nitrogens is 3. The second-order valence-corrected chi connectivity index (χ2v) is 3.96. The number of Topliss-reactive ketones (excluding diaryl/α,β-unsaturated/α-hetero) is 1. The molecule has 96 valence electrons. The lowest BCUT2D eigenvalue weighted by Crippen LogP contribution is -2.15. The number of ketones is 1. The Labute approximate surface area is 103 Å². The van der Waals surface area contributed by atoms with E-state index in [1.54, 1.807) is 12.1 Å². The molecule has 2 rings (SSSR count). The monoisotopic (exact) mass is 250 g/mol. The van der Waals surface area contributed by atoms with Gasteiger partial charge in [-0.05, 0) is 18.6 Å². The second kappa shape index (κ2) is 5.11. The molecular formula is C11H14N4O3. The first kappa shape index (κ1) is 12.5. The molecule has 0 spiro atoms. The number of carbonyl (C=O) groups is 1. The standard InChI is InChI=1S/C11H14N4O3/c12-11-9-3-2-8(15(9)14-6-13-11)10(18)4-1-7(17)5-16/h2-3,6-7,16-17H,1,4-5H2,(H2,12,13,14). The normalized spacial score (nSPS) is 12.8. The van der Waals surface area contributed by atoms with Crippen molar-refractivity contribution in [1.29, 1.82) is 0 Å². The average Bonchev–Trinajstić information content (AvgIpc) is 2.81. The van der Waals surface area contributed by atoms with Crippen LogP contribution < -0.4 is 5.73 Å². The first-order chi connectivity index (χ1) is 8.63. The number of nitrogens with two attached hydrogens (primary N) is 1. The van der Waals surface area contributed by atoms with Crippen molar-refractivity contribution in [2.75, 3.05) is 12.3 Å². The molecule has 18 heavy (non-hydrogen) atoms. The zero-order chi connectivity index (χ0) is 13.1. The first-order valence-electron chi connectivity index (χ1n) is 5.54. The molecule has 7 nitrogen and oxygen atoms in total. The van der Waals surface area contributed by atoms with Crippen LogP contribution in [0.5, 0.6) is 0 Å². The minimum Gasteiger partial charge on any atom is -0.394 e. The van der Waals surface area contributed by atoms with Crippen LogP contribution in [0, 0.1) is 0 Å². The van der Waals surface area contributed by atoms with E-state index < -0.39 is 6.10 Å². The Morgan fingerprint density at radius 2 is 2.28 bits per heavy atom. The number of hydrogen-bond acceptors (Lipinski definition) is 6. The molecular weight excluding hydrogens is 236 g/mol. The highest BCUT2D eigenvalue weighted by molar-refractivity contribution is 5.96. The van der Waals surface area contributed by atoms with E-state index in [9.17, 15) is 9.90 Å². The molecule has 0 aliphatic carbocycles. The molecule has 0 saturated carbocycles. The SMILES string of the molecule is Nc1ncnn2c(C(=O)CCC(O)CO)ccc12. The Kier molecular flexibility index (Phi) is 3.54. The number of aliphatic hydroxyl groups is 2. The van der Waals surface area contributed by atoms with Crippen LogP contribution in [-0.2, 0) is 0 Å². The Morgan fingerprint density at radius 3 is 3.00 bits per heavy atom. The van der Waals surface area contributed by atoms with Crippen LogP contribution in [0.3, 0.4) is 0 Å². The van der Waals surface area contributed by atoms with Crippen LogP contribution in [-0.4, -0.2) is 43.3 Å². The maximum Gasteiger partial charge on any atom is 0.181 e. The van der Waals surface area contributed by atoms with Gasteiger partial charge in [-0.15, -0.1) is 0 Å². The smallest absolute Gasteiger partial charge is 0.181 e. The summed E-state index contributed by atoms with van der Waals surface area (Å²) in [5.74, 6) is 0.139. The van der Waals surface area contributed by atoms with Gasteiger partial charge in [-0.1, -0.05) is 0 Å². The number of anilines is 1. The van der Waals surface area contributed by atoms with Crippen molar-refractivity contribution in [3.63, 3.8) is 0 Å². The number of rotatable bonds is 5. The van der Waals surface area contributed by atoms with Crippen molar-refractivity contribution < 1.29 is 15.0 Å². The molecule has 2 aromatic heterocycles. The fourth-order valence-corrected chi connectivity index (χ4v) is 1.68. The number of nitrogens with zero attached hydrogens (tertiary/aromatic N) is 3. The minimum atomic E-state index is -0.875. The van der Waals surface area contributed by atoms with Crippen LogP contribution in [0.2, 0.25) is 0 Å². The average molecular weight is 250 g/mol. The highest BCUT2D eigenvalue weighted by atomic mass is 16.3. The molecule has 0 aliphatic rings. The number of aliphatic hydroxyl groups excluding tert-OH is 2. The molecule has 4 N–H and O–H groups in total. The summed E-state index contributed by atoms with van der Waals surface area (Å²) in [7, 11) is 0. The third kappa shape index (κ3) is 2.31. The lowest BCUT2D eigenvalue weighted by Gasteiger charge is -2.06. The summed E-state index contributed by atoms with van der Waals surface area (Å²) in [5.41, 5.74) is 6.62. The third-order valence-electron chi connectivity index (χ3n) is 2.68. The number of fused-ring (bicyclic) bond motifs is 1. The van der Waals surface area contributed by atoms with Crippen LogP contribution in [0.1, 0.15) is 23.3 Å². The van der Waals surface area contributed by atoms with Gasteiger partial charge in [0.25, 0.3) is 0 Å². The number of nitrogen functional groups attached to an aromatic ring is 1. The highest BCUT2D eigenvalue weighted by Crippen LogP contribution is 2.15. The van der Waals surface area contributed by atoms with E-state index in [0.717, 1.165) is 0 Å². The molecule has 0 aliphatic heterocycles. The van der Waals surface area contributed by atoms with E-state index in [1.807, 2.05) is 0 Å². The van der Waals surface area contributed by atoms with Crippen molar-refractivity contribution in [2.24, 2.45) is 0 Å². The zero-order valence-corrected chi connectivity index (χ0v) is 9.65. The Hall–Kier alpha value is -1.99. The summed E-state index contributed by atoms with van der Waals surface area (Å²) in [5, 5.41) is 21.9. The molecule has 1 atom stereocenters. The van der Waals surface area contributed by atoms with Crippen LogP contribution in [0.25, 0.3) is 5.52 Å². The fraction of sp³-hybridized carbons (Fsp3) is 0.364. The van der Waals surface area contributed by atoms with E-state index in [0.29, 0.717) is 17.0 Å². The Morgan fingerprint density at radius 1 is 1.50 bits per heavy atom. The van der Waals surface area contributed by atoms with Crippen molar-refractivity contribution in [2.45, 2.75) is 18.9 Å². The maximum absolute atomic E-state index is 11.9. The lowest BCUT2D eigenvalue weighted by atomic mass is 10.1. The summed E-state index contributed by atoms with van der Waals surface area (Å²) >= 11 is 0. The third-order valence-corrected chi connectivity index (χ3v) is 2.68. The predicted molar refractivity (Wildman–Crippen MR) is 64.1 cm³/mol. The van der Waals surface area contributed by atoms with E-state index in [-0.39, 0.29) is 25.2 Å². The van der Waals surface area contributed by atoms with Gasteiger partial charge in [0, 0.05) is 6.42 Å². The van der Waals surface area contributed by atoms with Crippen molar-refractivity contribution in [3.05, 3.63) is 24.2 Å². The molecule has 0 bridgehead atoms. The van der Waals surface area contributed by atoms with Gasteiger partial charge < -0.3 is 15.9 Å². The topological polar surface area (TPSA) is 114 Å². The van der Waals surface area contributed by atoms with Crippen molar-refractivity contribution in [3.8, 4) is 0 Å². The summed E-state index contributed by atoms with van der Waals surface area (Å²) in [4.78, 5) is 15.8. The fourth-order valence-electron chi connectivity index (χ4n) is 1.68. The van der Waals surface area contributed by atoms with Crippen LogP contribution in [0.4, 0.5) is 5.82 Å². The zero-order valence-electron chi connectivity index (χ0n) is 9.65. The van der Waals surface area contributed by atoms with E-state index in [2.05, 4.69) is 10.1 Å². The second-order valence-electron chi connectivity index (χ2n) is 3.96. The molecule has 1 unspecified atom stereocenters. The molecule has 0 radical (unpaired) electrons. The van der Waals surface area contributed by atoms with Gasteiger partial charge >= 0.3 is 0 Å². The molecule has 7 heteroatoms. The molecule has 2 aromatic rings. The lowest BCUT2D eigenvalue weighted by molar-refractivity contribution is 0.0776. The summed E-state index contributed by atoms with van der Waals surface area (Å²) in [6.45, 7) is -0.350. The molecule has 0 amide bonds. The quantitative estimate of drug-likeness (QED) is 0.624. The van der Waals surface area contributed by atoms with Crippen molar-refractivity contribution in [1.82, 2.24) is 14.6 Å². The molecule has 0 fully saturated rings.